The molecule has 0 bridgehead atoms. The number of carbonyl (C=O) groups excluding carboxylic acids is 1. The van der Waals surface area contributed by atoms with E-state index in [2.05, 4.69) is 26.0 Å². The Labute approximate surface area is 117 Å². The maximum absolute atomic E-state index is 11.9. The molecule has 19 heavy (non-hydrogen) atoms. The first kappa shape index (κ1) is 15.7. The summed E-state index contributed by atoms with van der Waals surface area (Å²) >= 11 is 0. The van der Waals surface area contributed by atoms with Crippen LogP contribution in [0.4, 0.5) is 0 Å². The van der Waals surface area contributed by atoms with Crippen LogP contribution in [0.25, 0.3) is 0 Å². The Morgan fingerprint density at radius 2 is 1.58 bits per heavy atom. The lowest BCUT2D eigenvalue weighted by Gasteiger charge is -2.14. The van der Waals surface area contributed by atoms with Crippen molar-refractivity contribution >= 4 is 5.97 Å². The highest BCUT2D eigenvalue weighted by molar-refractivity contribution is 5.77. The maximum atomic E-state index is 11.9. The highest BCUT2D eigenvalue weighted by atomic mass is 16.5. The van der Waals surface area contributed by atoms with Crippen LogP contribution in [0.15, 0.2) is 24.3 Å². The lowest BCUT2D eigenvalue weighted by molar-refractivity contribution is -0.146. The molecule has 1 unspecified atom stereocenters. The zero-order valence-corrected chi connectivity index (χ0v) is 12.8. The fourth-order valence-electron chi connectivity index (χ4n) is 1.92. The van der Waals surface area contributed by atoms with Gasteiger partial charge >= 0.3 is 5.97 Å². The Hall–Kier alpha value is -1.31. The van der Waals surface area contributed by atoms with Crippen LogP contribution in [0.1, 0.15) is 51.7 Å². The normalized spacial score (nSPS) is 12.8. The van der Waals surface area contributed by atoms with Crippen LogP contribution in [0, 0.1) is 11.8 Å². The van der Waals surface area contributed by atoms with Crippen molar-refractivity contribution < 1.29 is 9.53 Å². The van der Waals surface area contributed by atoms with Crippen molar-refractivity contribution in [2.75, 3.05) is 6.61 Å². The molecule has 0 radical (unpaired) electrons. The second-order valence-corrected chi connectivity index (χ2v) is 6.09. The molecule has 0 spiro atoms. The van der Waals surface area contributed by atoms with Crippen molar-refractivity contribution in [3.05, 3.63) is 35.4 Å². The standard InChI is InChI=1S/C17H26O2/c1-12(2)10-15-6-8-16(9-7-15)14(5)17(18)19-11-13(3)4/h6-9,12-14H,10-11H2,1-5H3. The Balaban J connectivity index is 2.61. The third kappa shape index (κ3) is 5.46. The molecule has 2 heteroatoms. The predicted octanol–water partition coefficient (Wildman–Crippen LogP) is 4.19. The Morgan fingerprint density at radius 3 is 2.05 bits per heavy atom. The van der Waals surface area contributed by atoms with Crippen LogP contribution in [0.3, 0.4) is 0 Å². The van der Waals surface area contributed by atoms with E-state index in [-0.39, 0.29) is 11.9 Å². The largest absolute Gasteiger partial charge is 0.465 e. The number of hydrogen-bond donors (Lipinski definition) is 0. The van der Waals surface area contributed by atoms with Gasteiger partial charge in [-0.25, -0.2) is 0 Å². The molecule has 0 N–H and O–H groups in total. The molecule has 0 aliphatic rings. The van der Waals surface area contributed by atoms with Crippen molar-refractivity contribution in [2.24, 2.45) is 11.8 Å². The van der Waals surface area contributed by atoms with Crippen molar-refractivity contribution in [1.29, 1.82) is 0 Å². The lowest BCUT2D eigenvalue weighted by atomic mass is 9.97. The van der Waals surface area contributed by atoms with Gasteiger partial charge in [-0.2, -0.15) is 0 Å². The second-order valence-electron chi connectivity index (χ2n) is 6.09. The highest BCUT2D eigenvalue weighted by Gasteiger charge is 2.17. The van der Waals surface area contributed by atoms with Crippen LogP contribution in [-0.2, 0) is 16.0 Å². The van der Waals surface area contributed by atoms with Crippen LogP contribution in [0.2, 0.25) is 0 Å². The molecule has 0 saturated carbocycles. The van der Waals surface area contributed by atoms with E-state index in [0.717, 1.165) is 12.0 Å². The van der Waals surface area contributed by atoms with E-state index in [4.69, 9.17) is 4.74 Å². The average Bonchev–Trinajstić information content (AvgIpc) is 2.35. The Morgan fingerprint density at radius 1 is 1.00 bits per heavy atom. The molecular formula is C17H26O2. The number of ether oxygens (including phenoxy) is 1. The topological polar surface area (TPSA) is 26.3 Å². The van der Waals surface area contributed by atoms with E-state index >= 15 is 0 Å². The molecule has 0 aliphatic heterocycles. The summed E-state index contributed by atoms with van der Waals surface area (Å²) in [5.41, 5.74) is 2.35. The predicted molar refractivity (Wildman–Crippen MR) is 79.2 cm³/mol. The fourth-order valence-corrected chi connectivity index (χ4v) is 1.92. The summed E-state index contributed by atoms with van der Waals surface area (Å²) in [5.74, 6) is 0.709. The first-order chi connectivity index (χ1) is 8.90. The van der Waals surface area contributed by atoms with Crippen LogP contribution < -0.4 is 0 Å². The molecule has 1 rings (SSSR count). The number of benzene rings is 1. The van der Waals surface area contributed by atoms with Gasteiger partial charge in [0.2, 0.25) is 0 Å². The van der Waals surface area contributed by atoms with Gasteiger partial charge < -0.3 is 4.74 Å². The Bertz CT molecular complexity index is 390. The highest BCUT2D eigenvalue weighted by Crippen LogP contribution is 2.19. The first-order valence-electron chi connectivity index (χ1n) is 7.15. The van der Waals surface area contributed by atoms with Crippen molar-refractivity contribution in [1.82, 2.24) is 0 Å². The zero-order chi connectivity index (χ0) is 14.4. The number of esters is 1. The molecule has 2 nitrogen and oxygen atoms in total. The summed E-state index contributed by atoms with van der Waals surface area (Å²) in [6, 6.07) is 8.31. The van der Waals surface area contributed by atoms with Crippen molar-refractivity contribution in [3.8, 4) is 0 Å². The molecule has 0 heterocycles. The maximum Gasteiger partial charge on any atom is 0.313 e. The quantitative estimate of drug-likeness (QED) is 0.719. The summed E-state index contributed by atoms with van der Waals surface area (Å²) in [5, 5.41) is 0. The van der Waals surface area contributed by atoms with Gasteiger partial charge in [-0.05, 0) is 36.3 Å². The molecular weight excluding hydrogens is 236 g/mol. The lowest BCUT2D eigenvalue weighted by Crippen LogP contribution is -2.16. The molecule has 0 fully saturated rings. The molecule has 1 atom stereocenters. The van der Waals surface area contributed by atoms with Gasteiger partial charge in [-0.3, -0.25) is 4.79 Å². The number of rotatable bonds is 6. The van der Waals surface area contributed by atoms with Crippen LogP contribution >= 0.6 is 0 Å². The summed E-state index contributed by atoms with van der Waals surface area (Å²) < 4.78 is 5.28. The monoisotopic (exact) mass is 262 g/mol. The number of carbonyl (C=O) groups is 1. The van der Waals surface area contributed by atoms with Gasteiger partial charge in [0.25, 0.3) is 0 Å². The molecule has 0 amide bonds. The van der Waals surface area contributed by atoms with Crippen molar-refractivity contribution in [3.63, 3.8) is 0 Å². The van der Waals surface area contributed by atoms with Gasteiger partial charge in [0.15, 0.2) is 0 Å². The van der Waals surface area contributed by atoms with Gasteiger partial charge in [0, 0.05) is 0 Å². The van der Waals surface area contributed by atoms with Gasteiger partial charge in [0.1, 0.15) is 0 Å². The van der Waals surface area contributed by atoms with E-state index in [1.54, 1.807) is 0 Å². The minimum atomic E-state index is -0.188. The fraction of sp³-hybridized carbons (Fsp3) is 0.588. The molecule has 106 valence electrons. The molecule has 0 aromatic heterocycles. The zero-order valence-electron chi connectivity index (χ0n) is 12.8. The molecule has 1 aromatic carbocycles. The summed E-state index contributed by atoms with van der Waals surface area (Å²) in [6.07, 6.45) is 1.08. The third-order valence-corrected chi connectivity index (χ3v) is 3.04. The Kier molecular flexibility index (Phi) is 6.07. The number of hydrogen-bond acceptors (Lipinski definition) is 2. The SMILES string of the molecule is CC(C)COC(=O)C(C)c1ccc(CC(C)C)cc1. The van der Waals surface area contributed by atoms with E-state index < -0.39 is 0 Å². The second kappa shape index (κ2) is 7.32. The molecule has 1 aromatic rings. The van der Waals surface area contributed by atoms with Crippen LogP contribution in [-0.4, -0.2) is 12.6 Å². The van der Waals surface area contributed by atoms with Crippen LogP contribution in [0.5, 0.6) is 0 Å². The van der Waals surface area contributed by atoms with E-state index in [9.17, 15) is 4.79 Å². The minimum Gasteiger partial charge on any atom is -0.465 e. The van der Waals surface area contributed by atoms with Gasteiger partial charge in [-0.1, -0.05) is 52.0 Å². The third-order valence-electron chi connectivity index (χ3n) is 3.04. The molecule has 0 saturated heterocycles. The average molecular weight is 262 g/mol. The van der Waals surface area contributed by atoms with E-state index in [0.29, 0.717) is 18.4 Å². The van der Waals surface area contributed by atoms with Crippen molar-refractivity contribution in [2.45, 2.75) is 47.0 Å². The van der Waals surface area contributed by atoms with Gasteiger partial charge in [0.05, 0.1) is 12.5 Å². The van der Waals surface area contributed by atoms with Gasteiger partial charge in [-0.15, -0.1) is 0 Å². The van der Waals surface area contributed by atoms with E-state index in [1.807, 2.05) is 32.9 Å². The summed E-state index contributed by atoms with van der Waals surface area (Å²) in [4.78, 5) is 11.9. The minimum absolute atomic E-state index is 0.134. The smallest absolute Gasteiger partial charge is 0.313 e. The summed E-state index contributed by atoms with van der Waals surface area (Å²) in [6.45, 7) is 10.9. The first-order valence-corrected chi connectivity index (χ1v) is 7.15. The summed E-state index contributed by atoms with van der Waals surface area (Å²) in [7, 11) is 0. The molecule has 0 aliphatic carbocycles. The van der Waals surface area contributed by atoms with E-state index in [1.165, 1.54) is 5.56 Å².